The van der Waals surface area contributed by atoms with Crippen molar-refractivity contribution in [1.82, 2.24) is 4.98 Å². The lowest BCUT2D eigenvalue weighted by molar-refractivity contribution is -0.133. The Morgan fingerprint density at radius 2 is 2.06 bits per heavy atom. The molecule has 0 amide bonds. The monoisotopic (exact) mass is 226 g/mol. The Morgan fingerprint density at radius 3 is 2.76 bits per heavy atom. The maximum absolute atomic E-state index is 10.9. The van der Waals surface area contributed by atoms with Crippen LogP contribution >= 0.6 is 0 Å². The zero-order valence-electron chi connectivity index (χ0n) is 9.23. The number of hydrogen-bond donors (Lipinski definition) is 1. The fourth-order valence-corrected chi connectivity index (χ4v) is 1.48. The molecule has 0 unspecified atom stereocenters. The van der Waals surface area contributed by atoms with E-state index in [0.29, 0.717) is 11.4 Å². The van der Waals surface area contributed by atoms with E-state index in [9.17, 15) is 4.79 Å². The van der Waals surface area contributed by atoms with Crippen LogP contribution in [0.2, 0.25) is 0 Å². The van der Waals surface area contributed by atoms with Crippen LogP contribution in [0.1, 0.15) is 5.56 Å². The Morgan fingerprint density at radius 1 is 1.35 bits per heavy atom. The summed E-state index contributed by atoms with van der Waals surface area (Å²) in [6.07, 6.45) is 1.55. The maximum Gasteiger partial charge on any atom is 0.384 e. The highest BCUT2D eigenvalue weighted by Gasteiger charge is 2.02. The van der Waals surface area contributed by atoms with E-state index >= 15 is 0 Å². The van der Waals surface area contributed by atoms with E-state index in [4.69, 9.17) is 5.73 Å². The Labute approximate surface area is 98.4 Å². The number of benzene rings is 1. The normalized spacial score (nSPS) is 9.47. The lowest BCUT2D eigenvalue weighted by Gasteiger charge is -2.02. The second-order valence-electron chi connectivity index (χ2n) is 3.34. The molecular formula is C13H10N2O2. The van der Waals surface area contributed by atoms with Crippen LogP contribution in [-0.2, 0) is 9.53 Å². The zero-order chi connectivity index (χ0) is 12.3. The second kappa shape index (κ2) is 4.54. The quantitative estimate of drug-likeness (QED) is 0.544. The summed E-state index contributed by atoms with van der Waals surface area (Å²) in [7, 11) is 1.29. The van der Waals surface area contributed by atoms with Crippen LogP contribution in [0.25, 0.3) is 10.8 Å². The molecule has 0 saturated carbocycles. The van der Waals surface area contributed by atoms with Crippen molar-refractivity contribution in [2.75, 3.05) is 12.8 Å². The van der Waals surface area contributed by atoms with Gasteiger partial charge in [-0.05, 0) is 0 Å². The lowest BCUT2D eigenvalue weighted by atomic mass is 10.1. The number of fused-ring (bicyclic) bond motifs is 1. The minimum absolute atomic E-state index is 0.448. The first-order valence-corrected chi connectivity index (χ1v) is 4.95. The average molecular weight is 226 g/mol. The van der Waals surface area contributed by atoms with Gasteiger partial charge in [0.25, 0.3) is 0 Å². The topological polar surface area (TPSA) is 65.2 Å². The van der Waals surface area contributed by atoms with Crippen molar-refractivity contribution in [3.05, 3.63) is 36.0 Å². The van der Waals surface area contributed by atoms with Gasteiger partial charge >= 0.3 is 5.97 Å². The van der Waals surface area contributed by atoms with Gasteiger partial charge < -0.3 is 10.5 Å². The van der Waals surface area contributed by atoms with Crippen molar-refractivity contribution in [3.8, 4) is 11.8 Å². The van der Waals surface area contributed by atoms with Gasteiger partial charge in [-0.25, -0.2) is 9.78 Å². The number of hydrogen-bond acceptors (Lipinski definition) is 4. The minimum Gasteiger partial charge on any atom is -0.459 e. The first-order chi connectivity index (χ1) is 8.22. The van der Waals surface area contributed by atoms with E-state index in [0.717, 1.165) is 10.8 Å². The maximum atomic E-state index is 10.9. The van der Waals surface area contributed by atoms with Gasteiger partial charge in [0.1, 0.15) is 5.82 Å². The van der Waals surface area contributed by atoms with Crippen molar-refractivity contribution in [2.45, 2.75) is 0 Å². The highest BCUT2D eigenvalue weighted by molar-refractivity contribution is 5.96. The van der Waals surface area contributed by atoms with E-state index in [1.807, 2.05) is 24.3 Å². The Bertz CT molecular complexity index is 639. The number of methoxy groups -OCH3 is 1. The van der Waals surface area contributed by atoms with Gasteiger partial charge in [-0.2, -0.15) is 0 Å². The first kappa shape index (κ1) is 11.0. The number of nitrogens with two attached hydrogens (primary N) is 1. The molecule has 0 aliphatic heterocycles. The van der Waals surface area contributed by atoms with Crippen molar-refractivity contribution < 1.29 is 9.53 Å². The number of esters is 1. The fraction of sp³-hybridized carbons (Fsp3) is 0.0769. The molecule has 2 aromatic rings. The van der Waals surface area contributed by atoms with Gasteiger partial charge in [0.05, 0.1) is 12.7 Å². The predicted octanol–water partition coefficient (Wildman–Crippen LogP) is 1.34. The van der Waals surface area contributed by atoms with Gasteiger partial charge in [-0.15, -0.1) is 0 Å². The Kier molecular flexibility index (Phi) is 2.93. The second-order valence-corrected chi connectivity index (χ2v) is 3.34. The minimum atomic E-state index is -0.578. The fourth-order valence-electron chi connectivity index (χ4n) is 1.48. The lowest BCUT2D eigenvalue weighted by Crippen LogP contribution is -1.96. The van der Waals surface area contributed by atoms with Gasteiger partial charge in [-0.3, -0.25) is 0 Å². The SMILES string of the molecule is COC(=O)C#Cc1cnc(N)c2ccccc12. The van der Waals surface area contributed by atoms with Crippen LogP contribution in [0, 0.1) is 11.8 Å². The molecule has 0 saturated heterocycles. The molecule has 2 N–H and O–H groups in total. The number of anilines is 1. The number of nitrogens with zero attached hydrogens (tertiary/aromatic N) is 1. The Balaban J connectivity index is 2.58. The standard InChI is InChI=1S/C13H10N2O2/c1-17-12(16)7-6-9-8-15-13(14)11-5-3-2-4-10(9)11/h2-5,8H,1H3,(H2,14,15). The molecule has 0 fully saturated rings. The molecule has 0 aliphatic carbocycles. The van der Waals surface area contributed by atoms with Crippen LogP contribution < -0.4 is 5.73 Å². The number of carbonyl (C=O) groups is 1. The summed E-state index contributed by atoms with van der Waals surface area (Å²) in [6, 6.07) is 7.50. The Hall–Kier alpha value is -2.54. The third-order valence-corrected chi connectivity index (χ3v) is 2.31. The summed E-state index contributed by atoms with van der Waals surface area (Å²) in [5, 5.41) is 1.69. The molecule has 1 heterocycles. The third-order valence-electron chi connectivity index (χ3n) is 2.31. The smallest absolute Gasteiger partial charge is 0.384 e. The first-order valence-electron chi connectivity index (χ1n) is 4.95. The summed E-state index contributed by atoms with van der Waals surface area (Å²) >= 11 is 0. The molecule has 0 aliphatic rings. The molecule has 1 aromatic carbocycles. The molecule has 0 atom stereocenters. The summed E-state index contributed by atoms with van der Waals surface area (Å²) in [5.74, 6) is 4.96. The average Bonchev–Trinajstić information content (AvgIpc) is 2.38. The van der Waals surface area contributed by atoms with Gasteiger partial charge in [-0.1, -0.05) is 30.2 Å². The molecule has 0 bridgehead atoms. The van der Waals surface area contributed by atoms with Gasteiger partial charge in [0.15, 0.2) is 0 Å². The molecule has 4 heteroatoms. The summed E-state index contributed by atoms with van der Waals surface area (Å²) in [5.41, 5.74) is 6.41. The summed E-state index contributed by atoms with van der Waals surface area (Å²) in [4.78, 5) is 15.0. The number of ether oxygens (including phenoxy) is 1. The molecular weight excluding hydrogens is 216 g/mol. The molecule has 0 spiro atoms. The molecule has 2 rings (SSSR count). The van der Waals surface area contributed by atoms with E-state index < -0.39 is 5.97 Å². The summed E-state index contributed by atoms with van der Waals surface area (Å²) in [6.45, 7) is 0. The number of rotatable bonds is 0. The molecule has 0 radical (unpaired) electrons. The molecule has 4 nitrogen and oxygen atoms in total. The predicted molar refractivity (Wildman–Crippen MR) is 65.0 cm³/mol. The van der Waals surface area contributed by atoms with E-state index in [2.05, 4.69) is 21.6 Å². The van der Waals surface area contributed by atoms with E-state index in [1.165, 1.54) is 7.11 Å². The third kappa shape index (κ3) is 2.18. The number of aromatic nitrogens is 1. The van der Waals surface area contributed by atoms with Crippen molar-refractivity contribution >= 4 is 22.6 Å². The van der Waals surface area contributed by atoms with Gasteiger partial charge in [0.2, 0.25) is 0 Å². The van der Waals surface area contributed by atoms with E-state index in [1.54, 1.807) is 6.20 Å². The highest BCUT2D eigenvalue weighted by Crippen LogP contribution is 2.21. The van der Waals surface area contributed by atoms with Crippen molar-refractivity contribution in [1.29, 1.82) is 0 Å². The van der Waals surface area contributed by atoms with Gasteiger partial charge in [0, 0.05) is 22.9 Å². The highest BCUT2D eigenvalue weighted by atomic mass is 16.5. The zero-order valence-corrected chi connectivity index (χ0v) is 9.23. The van der Waals surface area contributed by atoms with Crippen molar-refractivity contribution in [3.63, 3.8) is 0 Å². The molecule has 1 aromatic heterocycles. The number of pyridine rings is 1. The van der Waals surface area contributed by atoms with Crippen LogP contribution in [0.5, 0.6) is 0 Å². The molecule has 17 heavy (non-hydrogen) atoms. The molecule has 84 valence electrons. The van der Waals surface area contributed by atoms with Crippen LogP contribution in [-0.4, -0.2) is 18.1 Å². The number of carbonyl (C=O) groups excluding carboxylic acids is 1. The van der Waals surface area contributed by atoms with Crippen LogP contribution in [0.4, 0.5) is 5.82 Å². The van der Waals surface area contributed by atoms with Crippen LogP contribution in [0.3, 0.4) is 0 Å². The van der Waals surface area contributed by atoms with Crippen molar-refractivity contribution in [2.24, 2.45) is 0 Å². The van der Waals surface area contributed by atoms with E-state index in [-0.39, 0.29) is 0 Å². The largest absolute Gasteiger partial charge is 0.459 e. The summed E-state index contributed by atoms with van der Waals surface area (Å²) < 4.78 is 4.45. The number of nitrogen functional groups attached to an aromatic ring is 1. The van der Waals surface area contributed by atoms with Crippen LogP contribution in [0.15, 0.2) is 30.5 Å².